The third-order valence-electron chi connectivity index (χ3n) is 3.27. The molecule has 2 rings (SSSR count). The second-order valence-electron chi connectivity index (χ2n) is 4.84. The van der Waals surface area contributed by atoms with Crippen LogP contribution in [-0.2, 0) is 20.7 Å². The molecule has 21 heavy (non-hydrogen) atoms. The monoisotopic (exact) mass is 375 g/mol. The predicted octanol–water partition coefficient (Wildman–Crippen LogP) is 2.39. The number of carboxylic acids is 1. The van der Waals surface area contributed by atoms with Crippen LogP contribution in [0, 0.1) is 0 Å². The van der Waals surface area contributed by atoms with Gasteiger partial charge < -0.3 is 15.2 Å². The minimum atomic E-state index is -1.09. The van der Waals surface area contributed by atoms with Crippen LogP contribution in [0.1, 0.15) is 18.4 Å². The fourth-order valence-electron chi connectivity index (χ4n) is 2.17. The van der Waals surface area contributed by atoms with Crippen molar-refractivity contribution < 1.29 is 19.4 Å². The van der Waals surface area contributed by atoms with Crippen molar-refractivity contribution in [2.24, 2.45) is 0 Å². The van der Waals surface area contributed by atoms with Crippen LogP contribution in [0.3, 0.4) is 0 Å². The summed E-state index contributed by atoms with van der Waals surface area (Å²) in [5, 5.41) is 12.3. The SMILES string of the molecule is O=C(O)[C@H](Cc1cc(Cl)ccc1Br)NC(=O)[C@H]1CCCO1. The second kappa shape index (κ2) is 7.24. The van der Waals surface area contributed by atoms with Gasteiger partial charge in [-0.25, -0.2) is 4.79 Å². The Bertz CT molecular complexity index is 546. The molecule has 5 nitrogen and oxygen atoms in total. The number of hydrogen-bond donors (Lipinski definition) is 2. The fraction of sp³-hybridized carbons (Fsp3) is 0.429. The average molecular weight is 377 g/mol. The molecule has 0 radical (unpaired) electrons. The molecule has 1 saturated heterocycles. The van der Waals surface area contributed by atoms with Crippen molar-refractivity contribution in [1.29, 1.82) is 0 Å². The molecule has 2 N–H and O–H groups in total. The van der Waals surface area contributed by atoms with Crippen molar-refractivity contribution in [2.45, 2.75) is 31.4 Å². The van der Waals surface area contributed by atoms with Gasteiger partial charge in [0.2, 0.25) is 5.91 Å². The van der Waals surface area contributed by atoms with E-state index in [4.69, 9.17) is 16.3 Å². The highest BCUT2D eigenvalue weighted by Gasteiger charge is 2.28. The number of hydrogen-bond acceptors (Lipinski definition) is 3. The summed E-state index contributed by atoms with van der Waals surface area (Å²) in [6.45, 7) is 0.537. The van der Waals surface area contributed by atoms with Gasteiger partial charge in [0.15, 0.2) is 0 Å². The third kappa shape index (κ3) is 4.43. The van der Waals surface area contributed by atoms with Gasteiger partial charge in [-0.3, -0.25) is 4.79 Å². The Hall–Kier alpha value is -1.11. The standard InChI is InChI=1S/C14H15BrClNO4/c15-10-4-3-9(16)6-8(10)7-11(14(19)20)17-13(18)12-2-1-5-21-12/h3-4,6,11-12H,1-2,5,7H2,(H,17,18)(H,19,20)/t11-,12+/m0/s1. The van der Waals surface area contributed by atoms with Crippen LogP contribution in [-0.4, -0.2) is 35.7 Å². The van der Waals surface area contributed by atoms with Gasteiger partial charge in [0.05, 0.1) is 0 Å². The van der Waals surface area contributed by atoms with Crippen LogP contribution in [0.4, 0.5) is 0 Å². The first-order valence-electron chi connectivity index (χ1n) is 6.56. The molecule has 114 valence electrons. The Morgan fingerprint density at radius 1 is 1.52 bits per heavy atom. The number of rotatable bonds is 5. The lowest BCUT2D eigenvalue weighted by Crippen LogP contribution is -2.46. The van der Waals surface area contributed by atoms with E-state index in [-0.39, 0.29) is 12.3 Å². The number of halogens is 2. The number of aliphatic carboxylic acids is 1. The first-order chi connectivity index (χ1) is 9.97. The van der Waals surface area contributed by atoms with Gasteiger partial charge in [-0.15, -0.1) is 0 Å². The van der Waals surface area contributed by atoms with E-state index in [1.54, 1.807) is 18.2 Å². The summed E-state index contributed by atoms with van der Waals surface area (Å²) in [6, 6.07) is 4.12. The second-order valence-corrected chi connectivity index (χ2v) is 6.13. The Morgan fingerprint density at radius 3 is 2.90 bits per heavy atom. The Kier molecular flexibility index (Phi) is 5.61. The van der Waals surface area contributed by atoms with Crippen molar-refractivity contribution in [2.75, 3.05) is 6.61 Å². The van der Waals surface area contributed by atoms with E-state index in [1.165, 1.54) is 0 Å². The molecule has 0 unspecified atom stereocenters. The van der Waals surface area contributed by atoms with Crippen molar-refractivity contribution in [3.63, 3.8) is 0 Å². The maximum atomic E-state index is 12.0. The Labute approximate surface area is 135 Å². The van der Waals surface area contributed by atoms with Crippen LogP contribution < -0.4 is 5.32 Å². The van der Waals surface area contributed by atoms with Gasteiger partial charge in [0.25, 0.3) is 0 Å². The van der Waals surface area contributed by atoms with Crippen LogP contribution in [0.2, 0.25) is 5.02 Å². The molecule has 1 amide bonds. The minimum absolute atomic E-state index is 0.148. The molecule has 1 aromatic rings. The zero-order valence-corrected chi connectivity index (χ0v) is 13.5. The molecule has 2 atom stereocenters. The Morgan fingerprint density at radius 2 is 2.29 bits per heavy atom. The van der Waals surface area contributed by atoms with Crippen molar-refractivity contribution in [1.82, 2.24) is 5.32 Å². The largest absolute Gasteiger partial charge is 0.480 e. The summed E-state index contributed by atoms with van der Waals surface area (Å²) in [5.74, 6) is -1.47. The molecule has 1 fully saturated rings. The van der Waals surface area contributed by atoms with E-state index in [1.807, 2.05) is 0 Å². The predicted molar refractivity (Wildman–Crippen MR) is 81.4 cm³/mol. The van der Waals surface area contributed by atoms with E-state index < -0.39 is 18.1 Å². The number of carbonyl (C=O) groups is 2. The smallest absolute Gasteiger partial charge is 0.326 e. The number of carboxylic acid groups (broad SMARTS) is 1. The highest BCUT2D eigenvalue weighted by Crippen LogP contribution is 2.22. The molecule has 1 heterocycles. The van der Waals surface area contributed by atoms with E-state index in [0.29, 0.717) is 18.1 Å². The van der Waals surface area contributed by atoms with Crippen molar-refractivity contribution >= 4 is 39.4 Å². The lowest BCUT2D eigenvalue weighted by atomic mass is 10.1. The summed E-state index contributed by atoms with van der Waals surface area (Å²) < 4.78 is 6.01. The molecule has 7 heteroatoms. The Balaban J connectivity index is 2.06. The molecular formula is C14H15BrClNO4. The zero-order valence-electron chi connectivity index (χ0n) is 11.1. The van der Waals surface area contributed by atoms with E-state index >= 15 is 0 Å². The van der Waals surface area contributed by atoms with Crippen molar-refractivity contribution in [3.05, 3.63) is 33.3 Å². The van der Waals surface area contributed by atoms with Crippen LogP contribution in [0.15, 0.2) is 22.7 Å². The fourth-order valence-corrected chi connectivity index (χ4v) is 2.77. The number of nitrogens with one attached hydrogen (secondary N) is 1. The van der Waals surface area contributed by atoms with Gasteiger partial charge in [0, 0.05) is 22.5 Å². The molecule has 1 aliphatic rings. The van der Waals surface area contributed by atoms with Gasteiger partial charge in [-0.05, 0) is 36.6 Å². The van der Waals surface area contributed by atoms with E-state index in [0.717, 1.165) is 16.5 Å². The van der Waals surface area contributed by atoms with Gasteiger partial charge in [-0.1, -0.05) is 27.5 Å². The summed E-state index contributed by atoms with van der Waals surface area (Å²) in [6.07, 6.45) is 1.04. The molecule has 1 aromatic carbocycles. The van der Waals surface area contributed by atoms with Crippen LogP contribution in [0.25, 0.3) is 0 Å². The topological polar surface area (TPSA) is 75.6 Å². The normalized spacial score (nSPS) is 19.2. The van der Waals surface area contributed by atoms with Crippen molar-refractivity contribution in [3.8, 4) is 0 Å². The summed E-state index contributed by atoms with van der Waals surface area (Å²) in [7, 11) is 0. The average Bonchev–Trinajstić information content (AvgIpc) is 2.96. The van der Waals surface area contributed by atoms with Gasteiger partial charge in [0.1, 0.15) is 12.1 Å². The molecule has 0 aromatic heterocycles. The zero-order chi connectivity index (χ0) is 15.4. The van der Waals surface area contributed by atoms with E-state index in [9.17, 15) is 14.7 Å². The molecule has 0 aliphatic carbocycles. The first kappa shape index (κ1) is 16.3. The van der Waals surface area contributed by atoms with Crippen LogP contribution >= 0.6 is 27.5 Å². The molecular weight excluding hydrogens is 362 g/mol. The van der Waals surface area contributed by atoms with Gasteiger partial charge in [-0.2, -0.15) is 0 Å². The summed E-state index contributed by atoms with van der Waals surface area (Å²) in [5.41, 5.74) is 0.725. The minimum Gasteiger partial charge on any atom is -0.480 e. The lowest BCUT2D eigenvalue weighted by molar-refractivity contribution is -0.143. The molecule has 0 saturated carbocycles. The van der Waals surface area contributed by atoms with Gasteiger partial charge >= 0.3 is 5.97 Å². The number of ether oxygens (including phenoxy) is 1. The maximum Gasteiger partial charge on any atom is 0.326 e. The maximum absolute atomic E-state index is 12.0. The number of benzene rings is 1. The van der Waals surface area contributed by atoms with Crippen LogP contribution in [0.5, 0.6) is 0 Å². The number of carbonyl (C=O) groups excluding carboxylic acids is 1. The highest BCUT2D eigenvalue weighted by molar-refractivity contribution is 9.10. The first-order valence-corrected chi connectivity index (χ1v) is 7.73. The summed E-state index contributed by atoms with van der Waals surface area (Å²) >= 11 is 9.27. The van der Waals surface area contributed by atoms with E-state index in [2.05, 4.69) is 21.2 Å². The molecule has 1 aliphatic heterocycles. The highest BCUT2D eigenvalue weighted by atomic mass is 79.9. The third-order valence-corrected chi connectivity index (χ3v) is 4.28. The molecule has 0 spiro atoms. The quantitative estimate of drug-likeness (QED) is 0.827. The summed E-state index contributed by atoms with van der Waals surface area (Å²) in [4.78, 5) is 23.3. The number of amides is 1. The molecule has 0 bridgehead atoms. The lowest BCUT2D eigenvalue weighted by Gasteiger charge is -2.18.